The second-order valence-electron chi connectivity index (χ2n) is 2.55. The first kappa shape index (κ1) is 8.94. The fourth-order valence-electron chi connectivity index (χ4n) is 0.963. The number of rotatable bonds is 2. The Bertz CT molecular complexity index is 277. The molecule has 1 N–H and O–H groups in total. The lowest BCUT2D eigenvalue weighted by molar-refractivity contribution is 0.299. The van der Waals surface area contributed by atoms with Gasteiger partial charge in [-0.3, -0.25) is 0 Å². The van der Waals surface area contributed by atoms with Crippen molar-refractivity contribution in [3.05, 3.63) is 41.7 Å². The van der Waals surface area contributed by atoms with Crippen molar-refractivity contribution in [2.75, 3.05) is 6.61 Å². The average Bonchev–Trinajstić information content (AvgIpc) is 2.17. The maximum absolute atomic E-state index is 12.8. The van der Waals surface area contributed by atoms with Crippen LogP contribution in [-0.4, -0.2) is 11.7 Å². The summed E-state index contributed by atoms with van der Waals surface area (Å²) < 4.78 is 12.8. The molecule has 12 heavy (non-hydrogen) atoms. The van der Waals surface area contributed by atoms with Crippen LogP contribution in [0.5, 0.6) is 0 Å². The Kier molecular flexibility index (Phi) is 3.00. The Morgan fingerprint density at radius 3 is 2.42 bits per heavy atom. The van der Waals surface area contributed by atoms with Gasteiger partial charge in [0, 0.05) is 0 Å². The summed E-state index contributed by atoms with van der Waals surface area (Å²) in [5, 5.41) is 8.53. The highest BCUT2D eigenvalue weighted by Gasteiger charge is 2.01. The van der Waals surface area contributed by atoms with Crippen LogP contribution in [0.15, 0.2) is 36.2 Å². The molecule has 0 atom stereocenters. The molecule has 0 aromatic heterocycles. The van der Waals surface area contributed by atoms with Crippen molar-refractivity contribution in [2.45, 2.75) is 6.92 Å². The normalized spacial score (nSPS) is 12.6. The van der Waals surface area contributed by atoms with Gasteiger partial charge in [-0.15, -0.1) is 0 Å². The van der Waals surface area contributed by atoms with Gasteiger partial charge in [-0.25, -0.2) is 4.39 Å². The molecule has 1 aromatic rings. The standard InChI is InChI=1S/C10H11FO/c1-8(10(11)7-12)9-5-3-2-4-6-9/h2-6,12H,7H2,1H3/b10-8+. The van der Waals surface area contributed by atoms with Crippen molar-refractivity contribution in [2.24, 2.45) is 0 Å². The minimum Gasteiger partial charge on any atom is -0.389 e. The average molecular weight is 166 g/mol. The van der Waals surface area contributed by atoms with E-state index in [2.05, 4.69) is 0 Å². The topological polar surface area (TPSA) is 20.2 Å². The number of allylic oxidation sites excluding steroid dienone is 1. The summed E-state index contributed by atoms with van der Waals surface area (Å²) in [4.78, 5) is 0. The summed E-state index contributed by atoms with van der Waals surface area (Å²) in [7, 11) is 0. The molecule has 1 nitrogen and oxygen atoms in total. The number of hydrogen-bond acceptors (Lipinski definition) is 1. The van der Waals surface area contributed by atoms with Gasteiger partial charge in [0.1, 0.15) is 5.83 Å². The molecule has 0 aliphatic carbocycles. The number of aliphatic hydroxyl groups excluding tert-OH is 1. The Hall–Kier alpha value is -1.15. The van der Waals surface area contributed by atoms with Crippen LogP contribution < -0.4 is 0 Å². The van der Waals surface area contributed by atoms with Crippen molar-refractivity contribution in [3.63, 3.8) is 0 Å². The number of aliphatic hydroxyl groups is 1. The van der Waals surface area contributed by atoms with E-state index in [1.807, 2.05) is 30.3 Å². The summed E-state index contributed by atoms with van der Waals surface area (Å²) in [6, 6.07) is 9.16. The van der Waals surface area contributed by atoms with Crippen molar-refractivity contribution in [3.8, 4) is 0 Å². The van der Waals surface area contributed by atoms with E-state index in [1.165, 1.54) is 0 Å². The molecule has 0 aliphatic heterocycles. The fraction of sp³-hybridized carbons (Fsp3) is 0.200. The van der Waals surface area contributed by atoms with E-state index in [4.69, 9.17) is 5.11 Å². The van der Waals surface area contributed by atoms with Gasteiger partial charge >= 0.3 is 0 Å². The van der Waals surface area contributed by atoms with Crippen molar-refractivity contribution in [1.82, 2.24) is 0 Å². The van der Waals surface area contributed by atoms with Crippen molar-refractivity contribution < 1.29 is 9.50 Å². The summed E-state index contributed by atoms with van der Waals surface area (Å²) in [5.41, 5.74) is 1.31. The van der Waals surface area contributed by atoms with Crippen LogP contribution in [0.2, 0.25) is 0 Å². The highest BCUT2D eigenvalue weighted by molar-refractivity contribution is 5.65. The smallest absolute Gasteiger partial charge is 0.129 e. The van der Waals surface area contributed by atoms with Gasteiger partial charge in [-0.2, -0.15) is 0 Å². The zero-order valence-corrected chi connectivity index (χ0v) is 6.92. The van der Waals surface area contributed by atoms with Gasteiger partial charge in [-0.05, 0) is 18.1 Å². The molecule has 0 fully saturated rings. The highest BCUT2D eigenvalue weighted by atomic mass is 19.1. The zero-order chi connectivity index (χ0) is 8.97. The lowest BCUT2D eigenvalue weighted by atomic mass is 10.1. The molecule has 0 radical (unpaired) electrons. The molecule has 0 unspecified atom stereocenters. The van der Waals surface area contributed by atoms with Crippen LogP contribution in [-0.2, 0) is 0 Å². The minimum absolute atomic E-state index is 0.471. The first-order valence-corrected chi connectivity index (χ1v) is 3.77. The van der Waals surface area contributed by atoms with Gasteiger partial charge in [0.05, 0.1) is 6.61 Å². The van der Waals surface area contributed by atoms with E-state index >= 15 is 0 Å². The van der Waals surface area contributed by atoms with Crippen molar-refractivity contribution in [1.29, 1.82) is 0 Å². The minimum atomic E-state index is -0.527. The molecule has 0 bridgehead atoms. The quantitative estimate of drug-likeness (QED) is 0.715. The first-order chi connectivity index (χ1) is 5.75. The van der Waals surface area contributed by atoms with Crippen LogP contribution >= 0.6 is 0 Å². The molecule has 1 rings (SSSR count). The molecule has 64 valence electrons. The SMILES string of the molecule is C/C(=C(\F)CO)c1ccccc1. The van der Waals surface area contributed by atoms with E-state index in [0.29, 0.717) is 5.57 Å². The Labute approximate surface area is 71.2 Å². The van der Waals surface area contributed by atoms with Crippen LogP contribution in [0.3, 0.4) is 0 Å². The van der Waals surface area contributed by atoms with Crippen LogP contribution in [0.25, 0.3) is 5.57 Å². The molecule has 0 saturated carbocycles. The maximum atomic E-state index is 12.8. The van der Waals surface area contributed by atoms with Crippen LogP contribution in [0, 0.1) is 0 Å². The molecular weight excluding hydrogens is 155 g/mol. The third kappa shape index (κ3) is 1.92. The van der Waals surface area contributed by atoms with Crippen LogP contribution in [0.4, 0.5) is 4.39 Å². The Morgan fingerprint density at radius 1 is 1.33 bits per heavy atom. The predicted octanol–water partition coefficient (Wildman–Crippen LogP) is 2.38. The monoisotopic (exact) mass is 166 g/mol. The van der Waals surface area contributed by atoms with Gasteiger partial charge in [0.15, 0.2) is 0 Å². The molecule has 0 amide bonds. The molecule has 0 aliphatic rings. The van der Waals surface area contributed by atoms with E-state index in [1.54, 1.807) is 6.92 Å². The summed E-state index contributed by atoms with van der Waals surface area (Å²) in [6.07, 6.45) is 0. The van der Waals surface area contributed by atoms with Gasteiger partial charge < -0.3 is 5.11 Å². The molecule has 1 aromatic carbocycles. The Balaban J connectivity index is 3.00. The third-order valence-electron chi connectivity index (χ3n) is 1.75. The molecular formula is C10H11FO. The van der Waals surface area contributed by atoms with E-state index < -0.39 is 12.4 Å². The number of halogens is 1. The van der Waals surface area contributed by atoms with Gasteiger partial charge in [0.25, 0.3) is 0 Å². The Morgan fingerprint density at radius 2 is 1.92 bits per heavy atom. The largest absolute Gasteiger partial charge is 0.389 e. The number of hydrogen-bond donors (Lipinski definition) is 1. The second kappa shape index (κ2) is 4.02. The predicted molar refractivity (Wildman–Crippen MR) is 47.2 cm³/mol. The maximum Gasteiger partial charge on any atom is 0.129 e. The van der Waals surface area contributed by atoms with Gasteiger partial charge in [0.2, 0.25) is 0 Å². The van der Waals surface area contributed by atoms with E-state index in [9.17, 15) is 4.39 Å². The summed E-state index contributed by atoms with van der Waals surface area (Å²) >= 11 is 0. The first-order valence-electron chi connectivity index (χ1n) is 3.77. The lowest BCUT2D eigenvalue weighted by Gasteiger charge is -2.01. The summed E-state index contributed by atoms with van der Waals surface area (Å²) in [5.74, 6) is -0.471. The highest BCUT2D eigenvalue weighted by Crippen LogP contribution is 2.17. The fourth-order valence-corrected chi connectivity index (χ4v) is 0.963. The number of benzene rings is 1. The van der Waals surface area contributed by atoms with Crippen molar-refractivity contribution >= 4 is 5.57 Å². The third-order valence-corrected chi connectivity index (χ3v) is 1.75. The summed E-state index contributed by atoms with van der Waals surface area (Å²) in [6.45, 7) is 1.13. The lowest BCUT2D eigenvalue weighted by Crippen LogP contribution is -1.88. The molecule has 2 heteroatoms. The molecule has 0 heterocycles. The molecule has 0 spiro atoms. The zero-order valence-electron chi connectivity index (χ0n) is 6.92. The van der Waals surface area contributed by atoms with Crippen LogP contribution in [0.1, 0.15) is 12.5 Å². The van der Waals surface area contributed by atoms with Gasteiger partial charge in [-0.1, -0.05) is 30.3 Å². The second-order valence-corrected chi connectivity index (χ2v) is 2.55. The van der Waals surface area contributed by atoms with E-state index in [-0.39, 0.29) is 0 Å². The van der Waals surface area contributed by atoms with E-state index in [0.717, 1.165) is 5.56 Å². The molecule has 0 saturated heterocycles.